The Morgan fingerprint density at radius 2 is 1.62 bits per heavy atom. The summed E-state index contributed by atoms with van der Waals surface area (Å²) in [6, 6.07) is 22.1. The summed E-state index contributed by atoms with van der Waals surface area (Å²) in [4.78, 5) is 2.58. The van der Waals surface area contributed by atoms with Gasteiger partial charge in [0.2, 0.25) is 0 Å². The van der Waals surface area contributed by atoms with E-state index >= 15 is 0 Å². The Balaban J connectivity index is 2.24. The standard InChI is InChI=1S/C26H35ClN2/c1-6-25(29(21(4)5)18-22-10-8-7-9-11-22)16-17-26(19-28,20(2)3)23-12-14-24(27)15-13-23/h7-15,20-21,25H,6,16-18H2,1-5H3. The first-order valence-corrected chi connectivity index (χ1v) is 11.2. The molecule has 0 fully saturated rings. The van der Waals surface area contributed by atoms with Crippen molar-refractivity contribution in [1.82, 2.24) is 4.90 Å². The second-order valence-electron chi connectivity index (χ2n) is 8.60. The van der Waals surface area contributed by atoms with Crippen LogP contribution in [-0.2, 0) is 12.0 Å². The first-order chi connectivity index (χ1) is 13.8. The van der Waals surface area contributed by atoms with Gasteiger partial charge in [0.25, 0.3) is 0 Å². The highest BCUT2D eigenvalue weighted by molar-refractivity contribution is 6.30. The summed E-state index contributed by atoms with van der Waals surface area (Å²) in [7, 11) is 0. The lowest BCUT2D eigenvalue weighted by Gasteiger charge is -2.38. The maximum atomic E-state index is 10.2. The van der Waals surface area contributed by atoms with E-state index < -0.39 is 5.41 Å². The van der Waals surface area contributed by atoms with Gasteiger partial charge in [-0.15, -0.1) is 0 Å². The van der Waals surface area contributed by atoms with Crippen molar-refractivity contribution in [3.63, 3.8) is 0 Å². The molecule has 0 saturated heterocycles. The van der Waals surface area contributed by atoms with E-state index in [0.717, 1.165) is 31.4 Å². The van der Waals surface area contributed by atoms with E-state index in [1.165, 1.54) is 5.56 Å². The zero-order valence-electron chi connectivity index (χ0n) is 18.5. The predicted octanol–water partition coefficient (Wildman–Crippen LogP) is 7.23. The molecule has 0 N–H and O–H groups in total. The molecule has 156 valence electrons. The Kier molecular flexibility index (Phi) is 8.75. The maximum Gasteiger partial charge on any atom is 0.0845 e. The molecule has 2 rings (SSSR count). The van der Waals surface area contributed by atoms with Crippen LogP contribution in [0.1, 0.15) is 65.0 Å². The van der Waals surface area contributed by atoms with E-state index in [9.17, 15) is 5.26 Å². The number of hydrogen-bond acceptors (Lipinski definition) is 2. The Morgan fingerprint density at radius 3 is 2.10 bits per heavy atom. The lowest BCUT2D eigenvalue weighted by molar-refractivity contribution is 0.123. The van der Waals surface area contributed by atoms with Crippen LogP contribution in [0.5, 0.6) is 0 Å². The summed E-state index contributed by atoms with van der Waals surface area (Å²) < 4.78 is 0. The fraction of sp³-hybridized carbons (Fsp3) is 0.500. The number of benzene rings is 2. The van der Waals surface area contributed by atoms with Gasteiger partial charge >= 0.3 is 0 Å². The van der Waals surface area contributed by atoms with Gasteiger partial charge in [-0.1, -0.05) is 74.8 Å². The lowest BCUT2D eigenvalue weighted by atomic mass is 9.69. The van der Waals surface area contributed by atoms with Gasteiger partial charge in [0.15, 0.2) is 0 Å². The third-order valence-electron chi connectivity index (χ3n) is 6.23. The number of hydrogen-bond donors (Lipinski definition) is 0. The molecular formula is C26H35ClN2. The maximum absolute atomic E-state index is 10.2. The van der Waals surface area contributed by atoms with Crippen molar-refractivity contribution in [3.8, 4) is 6.07 Å². The number of halogens is 1. The Morgan fingerprint density at radius 1 is 1.00 bits per heavy atom. The molecule has 0 amide bonds. The minimum Gasteiger partial charge on any atom is -0.294 e. The molecule has 2 nitrogen and oxygen atoms in total. The summed E-state index contributed by atoms with van der Waals surface area (Å²) in [5, 5.41) is 11.0. The lowest BCUT2D eigenvalue weighted by Crippen LogP contribution is -2.41. The van der Waals surface area contributed by atoms with Crippen molar-refractivity contribution < 1.29 is 0 Å². The molecule has 0 aliphatic carbocycles. The molecule has 2 unspecified atom stereocenters. The number of rotatable bonds is 10. The summed E-state index contributed by atoms with van der Waals surface area (Å²) >= 11 is 6.10. The summed E-state index contributed by atoms with van der Waals surface area (Å²) in [5.74, 6) is 0.229. The molecular weight excluding hydrogens is 376 g/mol. The topological polar surface area (TPSA) is 27.0 Å². The third-order valence-corrected chi connectivity index (χ3v) is 6.48. The summed E-state index contributed by atoms with van der Waals surface area (Å²) in [5.41, 5.74) is 1.93. The predicted molar refractivity (Wildman–Crippen MR) is 124 cm³/mol. The van der Waals surface area contributed by atoms with Crippen molar-refractivity contribution >= 4 is 11.6 Å². The smallest absolute Gasteiger partial charge is 0.0845 e. The zero-order valence-corrected chi connectivity index (χ0v) is 19.3. The van der Waals surface area contributed by atoms with Crippen molar-refractivity contribution in [2.24, 2.45) is 5.92 Å². The molecule has 0 saturated carbocycles. The van der Waals surface area contributed by atoms with Crippen molar-refractivity contribution in [2.75, 3.05) is 0 Å². The van der Waals surface area contributed by atoms with Crippen LogP contribution in [0.25, 0.3) is 0 Å². The Labute approximate surface area is 182 Å². The second kappa shape index (κ2) is 10.8. The number of nitrogens with zero attached hydrogens (tertiary/aromatic N) is 2. The second-order valence-corrected chi connectivity index (χ2v) is 9.03. The van der Waals surface area contributed by atoms with Crippen LogP contribution in [0.4, 0.5) is 0 Å². The van der Waals surface area contributed by atoms with E-state index in [0.29, 0.717) is 17.1 Å². The minimum absolute atomic E-state index is 0.229. The van der Waals surface area contributed by atoms with E-state index in [4.69, 9.17) is 11.6 Å². The molecule has 2 aromatic carbocycles. The van der Waals surface area contributed by atoms with Crippen LogP contribution in [-0.4, -0.2) is 17.0 Å². The normalized spacial score (nSPS) is 14.8. The van der Waals surface area contributed by atoms with Crippen molar-refractivity contribution in [3.05, 3.63) is 70.7 Å². The average Bonchev–Trinajstić information content (AvgIpc) is 2.71. The quantitative estimate of drug-likeness (QED) is 0.413. The van der Waals surface area contributed by atoms with Gasteiger partial charge in [0.1, 0.15) is 0 Å². The molecule has 0 spiro atoms. The highest BCUT2D eigenvalue weighted by Gasteiger charge is 2.37. The van der Waals surface area contributed by atoms with Crippen molar-refractivity contribution in [2.45, 2.75) is 77.9 Å². The van der Waals surface area contributed by atoms with E-state index in [1.807, 2.05) is 24.3 Å². The summed E-state index contributed by atoms with van der Waals surface area (Å²) in [6.07, 6.45) is 2.92. The molecule has 0 heterocycles. The van der Waals surface area contributed by atoms with Gasteiger partial charge in [-0.2, -0.15) is 5.26 Å². The molecule has 3 heteroatoms. The van der Waals surface area contributed by atoms with E-state index in [1.54, 1.807) is 0 Å². The third kappa shape index (κ3) is 5.84. The monoisotopic (exact) mass is 410 g/mol. The summed E-state index contributed by atoms with van der Waals surface area (Å²) in [6.45, 7) is 12.1. The Bertz CT molecular complexity index is 777. The highest BCUT2D eigenvalue weighted by Crippen LogP contribution is 2.38. The molecule has 0 aliphatic rings. The van der Waals surface area contributed by atoms with Gasteiger partial charge in [-0.05, 0) is 62.3 Å². The van der Waals surface area contributed by atoms with Crippen LogP contribution in [0, 0.1) is 17.2 Å². The largest absolute Gasteiger partial charge is 0.294 e. The van der Waals surface area contributed by atoms with Gasteiger partial charge in [-0.3, -0.25) is 4.90 Å². The fourth-order valence-electron chi connectivity index (χ4n) is 4.29. The van der Waals surface area contributed by atoms with Gasteiger partial charge in [0.05, 0.1) is 11.5 Å². The highest BCUT2D eigenvalue weighted by atomic mass is 35.5. The van der Waals surface area contributed by atoms with E-state index in [-0.39, 0.29) is 5.92 Å². The Hall–Kier alpha value is -1.82. The van der Waals surface area contributed by atoms with Crippen LogP contribution in [0.15, 0.2) is 54.6 Å². The number of nitriles is 1. The van der Waals surface area contributed by atoms with Crippen LogP contribution < -0.4 is 0 Å². The molecule has 0 aromatic heterocycles. The van der Waals surface area contributed by atoms with Gasteiger partial charge in [-0.25, -0.2) is 0 Å². The van der Waals surface area contributed by atoms with Crippen LogP contribution in [0.3, 0.4) is 0 Å². The molecule has 2 aromatic rings. The molecule has 29 heavy (non-hydrogen) atoms. The molecule has 2 atom stereocenters. The average molecular weight is 411 g/mol. The first kappa shape index (κ1) is 23.5. The zero-order chi connectivity index (χ0) is 21.4. The SMILES string of the molecule is CCC(CCC(C#N)(c1ccc(Cl)cc1)C(C)C)N(Cc1ccccc1)C(C)C. The molecule has 0 radical (unpaired) electrons. The van der Waals surface area contributed by atoms with Gasteiger partial charge in [0, 0.05) is 23.7 Å². The van der Waals surface area contributed by atoms with Crippen LogP contribution in [0.2, 0.25) is 5.02 Å². The fourth-order valence-corrected chi connectivity index (χ4v) is 4.42. The van der Waals surface area contributed by atoms with Gasteiger partial charge < -0.3 is 0 Å². The van der Waals surface area contributed by atoms with E-state index in [2.05, 4.69) is 75.9 Å². The molecule has 0 aliphatic heterocycles. The van der Waals surface area contributed by atoms with Crippen LogP contribution >= 0.6 is 11.6 Å². The molecule has 0 bridgehead atoms. The van der Waals surface area contributed by atoms with Crippen molar-refractivity contribution in [1.29, 1.82) is 5.26 Å². The first-order valence-electron chi connectivity index (χ1n) is 10.8. The minimum atomic E-state index is -0.493.